The Labute approximate surface area is 244 Å². The van der Waals surface area contributed by atoms with E-state index >= 15 is 0 Å². The fourth-order valence-corrected chi connectivity index (χ4v) is 6.35. The maximum absolute atomic E-state index is 13.8. The summed E-state index contributed by atoms with van der Waals surface area (Å²) in [4.78, 5) is 13.8. The lowest BCUT2D eigenvalue weighted by molar-refractivity contribution is -0.142. The van der Waals surface area contributed by atoms with Crippen LogP contribution in [-0.2, 0) is 23.1 Å². The van der Waals surface area contributed by atoms with Crippen LogP contribution in [0.25, 0.3) is 0 Å². The van der Waals surface area contributed by atoms with Gasteiger partial charge in [0.05, 0.1) is 11.0 Å². The third-order valence-corrected chi connectivity index (χ3v) is 8.93. The molecule has 0 bridgehead atoms. The van der Waals surface area contributed by atoms with Crippen LogP contribution in [0, 0.1) is 17.2 Å². The Bertz CT molecular complexity index is 1060. The molecule has 0 aliphatic heterocycles. The zero-order chi connectivity index (χ0) is 28.6. The molecule has 3 rings (SSSR count). The van der Waals surface area contributed by atoms with Gasteiger partial charge in [0, 0.05) is 0 Å². The summed E-state index contributed by atoms with van der Waals surface area (Å²) < 4.78 is 6.05. The molecule has 0 spiro atoms. The highest BCUT2D eigenvalue weighted by atomic mass is 16.5. The van der Waals surface area contributed by atoms with Gasteiger partial charge in [-0.25, -0.2) is 0 Å². The van der Waals surface area contributed by atoms with Gasteiger partial charge in [0.1, 0.15) is 11.8 Å². The van der Waals surface area contributed by atoms with Crippen molar-refractivity contribution in [3.05, 3.63) is 64.7 Å². The number of carbonyl (C=O) groups is 1. The Morgan fingerprint density at radius 1 is 0.850 bits per heavy atom. The third kappa shape index (κ3) is 9.50. The molecule has 0 radical (unpaired) electrons. The van der Waals surface area contributed by atoms with Crippen LogP contribution in [0.1, 0.15) is 146 Å². The van der Waals surface area contributed by atoms with E-state index in [4.69, 9.17) is 4.74 Å². The van der Waals surface area contributed by atoms with Crippen molar-refractivity contribution < 1.29 is 9.53 Å². The second kappa shape index (κ2) is 17.3. The molecule has 1 fully saturated rings. The lowest BCUT2D eigenvalue weighted by Gasteiger charge is -2.35. The van der Waals surface area contributed by atoms with E-state index in [0.717, 1.165) is 56.1 Å². The Hall–Kier alpha value is -2.60. The summed E-state index contributed by atoms with van der Waals surface area (Å²) in [5.41, 5.74) is 3.39. The van der Waals surface area contributed by atoms with Gasteiger partial charge in [-0.1, -0.05) is 135 Å². The van der Waals surface area contributed by atoms with Gasteiger partial charge in [-0.05, 0) is 66.8 Å². The van der Waals surface area contributed by atoms with Crippen LogP contribution >= 0.6 is 0 Å². The standard InChI is InChI=1S/C37H53NO2/c1-4-6-8-9-10-11-12-14-18-31-19-22-34(23-20-31)37(25-15-13-16-26-37)36(39)40-35-24-21-32(28-33(35)29-38)27-30(3)17-7-5-2/h19-24,28,30H,4-18,25-27H2,1-3H3. The highest BCUT2D eigenvalue weighted by Crippen LogP contribution is 2.41. The van der Waals surface area contributed by atoms with Crippen LogP contribution < -0.4 is 4.74 Å². The summed E-state index contributed by atoms with van der Waals surface area (Å²) in [6.45, 7) is 6.75. The highest BCUT2D eigenvalue weighted by Gasteiger charge is 2.43. The number of esters is 1. The minimum Gasteiger partial charge on any atom is -0.424 e. The summed E-state index contributed by atoms with van der Waals surface area (Å²) in [5.74, 6) is 0.765. The minimum atomic E-state index is -0.630. The van der Waals surface area contributed by atoms with Gasteiger partial charge in [0.2, 0.25) is 0 Å². The van der Waals surface area contributed by atoms with Crippen LogP contribution in [0.3, 0.4) is 0 Å². The van der Waals surface area contributed by atoms with E-state index in [1.54, 1.807) is 0 Å². The average molecular weight is 544 g/mol. The molecule has 1 aliphatic carbocycles. The predicted molar refractivity (Wildman–Crippen MR) is 167 cm³/mol. The van der Waals surface area contributed by atoms with Crippen LogP contribution in [0.5, 0.6) is 5.75 Å². The van der Waals surface area contributed by atoms with Crippen LogP contribution in [-0.4, -0.2) is 5.97 Å². The van der Waals surface area contributed by atoms with Crippen LogP contribution in [0.4, 0.5) is 0 Å². The molecule has 1 aliphatic rings. The minimum absolute atomic E-state index is 0.205. The number of ether oxygens (including phenoxy) is 1. The van der Waals surface area contributed by atoms with E-state index in [-0.39, 0.29) is 5.97 Å². The van der Waals surface area contributed by atoms with E-state index < -0.39 is 5.41 Å². The molecule has 1 atom stereocenters. The van der Waals surface area contributed by atoms with Gasteiger partial charge in [-0.15, -0.1) is 0 Å². The maximum atomic E-state index is 13.8. The smallest absolute Gasteiger partial charge is 0.321 e. The zero-order valence-corrected chi connectivity index (χ0v) is 25.6. The molecule has 0 heterocycles. The van der Waals surface area contributed by atoms with Crippen molar-refractivity contribution >= 4 is 5.97 Å². The van der Waals surface area contributed by atoms with Crippen molar-refractivity contribution in [3.8, 4) is 11.8 Å². The quantitative estimate of drug-likeness (QED) is 0.113. The summed E-state index contributed by atoms with van der Waals surface area (Å²) in [5, 5.41) is 9.87. The summed E-state index contributed by atoms with van der Waals surface area (Å²) in [7, 11) is 0. The van der Waals surface area contributed by atoms with Crippen LogP contribution in [0.15, 0.2) is 42.5 Å². The molecular weight excluding hydrogens is 490 g/mol. The normalized spacial score (nSPS) is 15.3. The lowest BCUT2D eigenvalue weighted by Crippen LogP contribution is -2.41. The van der Waals surface area contributed by atoms with Crippen LogP contribution in [0.2, 0.25) is 0 Å². The van der Waals surface area contributed by atoms with Gasteiger partial charge in [0.15, 0.2) is 0 Å². The maximum Gasteiger partial charge on any atom is 0.321 e. The number of hydrogen-bond donors (Lipinski definition) is 0. The predicted octanol–water partition coefficient (Wildman–Crippen LogP) is 10.4. The van der Waals surface area contributed by atoms with E-state index in [1.165, 1.54) is 76.2 Å². The lowest BCUT2D eigenvalue weighted by atomic mass is 9.69. The van der Waals surface area contributed by atoms with Crippen molar-refractivity contribution in [2.75, 3.05) is 0 Å². The fraction of sp³-hybridized carbons (Fsp3) is 0.622. The van der Waals surface area contributed by atoms with Crippen molar-refractivity contribution in [2.24, 2.45) is 5.92 Å². The molecule has 3 nitrogen and oxygen atoms in total. The Kier molecular flexibility index (Phi) is 13.8. The van der Waals surface area contributed by atoms with E-state index in [9.17, 15) is 10.1 Å². The van der Waals surface area contributed by atoms with Gasteiger partial charge in [-0.2, -0.15) is 5.26 Å². The number of carbonyl (C=O) groups excluding carboxylic acids is 1. The molecule has 3 heteroatoms. The number of benzene rings is 2. The molecule has 0 saturated heterocycles. The SMILES string of the molecule is CCCCCCCCCCc1ccc(C2(C(=O)Oc3ccc(CC(C)CCCC)cc3C#N)CCCCC2)cc1. The molecule has 40 heavy (non-hydrogen) atoms. The van der Waals surface area contributed by atoms with Gasteiger partial charge in [0.25, 0.3) is 0 Å². The fourth-order valence-electron chi connectivity index (χ4n) is 6.35. The first-order valence-corrected chi connectivity index (χ1v) is 16.4. The molecular formula is C37H53NO2. The molecule has 218 valence electrons. The van der Waals surface area contributed by atoms with E-state index in [1.807, 2.05) is 18.2 Å². The number of hydrogen-bond acceptors (Lipinski definition) is 3. The molecule has 2 aromatic carbocycles. The average Bonchev–Trinajstić information content (AvgIpc) is 2.98. The van der Waals surface area contributed by atoms with Crippen molar-refractivity contribution in [1.29, 1.82) is 5.26 Å². The summed E-state index contributed by atoms with van der Waals surface area (Å²) in [6, 6.07) is 16.8. The largest absolute Gasteiger partial charge is 0.424 e. The van der Waals surface area contributed by atoms with Crippen molar-refractivity contribution in [1.82, 2.24) is 0 Å². The first-order chi connectivity index (χ1) is 19.5. The zero-order valence-electron chi connectivity index (χ0n) is 25.6. The topological polar surface area (TPSA) is 50.1 Å². The molecule has 0 amide bonds. The summed E-state index contributed by atoms with van der Waals surface area (Å²) >= 11 is 0. The molecule has 1 unspecified atom stereocenters. The monoisotopic (exact) mass is 543 g/mol. The summed E-state index contributed by atoms with van der Waals surface area (Å²) in [6.07, 6.45) is 21.1. The van der Waals surface area contributed by atoms with Crippen molar-refractivity contribution in [2.45, 2.75) is 142 Å². The Morgan fingerprint density at radius 3 is 2.12 bits per heavy atom. The van der Waals surface area contributed by atoms with Crippen molar-refractivity contribution in [3.63, 3.8) is 0 Å². The third-order valence-electron chi connectivity index (χ3n) is 8.93. The first-order valence-electron chi connectivity index (χ1n) is 16.4. The number of aryl methyl sites for hydroxylation is 1. The second-order valence-electron chi connectivity index (χ2n) is 12.3. The number of nitriles is 1. The second-order valence-corrected chi connectivity index (χ2v) is 12.3. The number of rotatable bonds is 17. The highest BCUT2D eigenvalue weighted by molar-refractivity contribution is 5.85. The molecule has 0 aromatic heterocycles. The van der Waals surface area contributed by atoms with Gasteiger partial charge < -0.3 is 4.74 Å². The van der Waals surface area contributed by atoms with Gasteiger partial charge >= 0.3 is 5.97 Å². The van der Waals surface area contributed by atoms with E-state index in [0.29, 0.717) is 17.2 Å². The number of unbranched alkanes of at least 4 members (excludes halogenated alkanes) is 8. The molecule has 0 N–H and O–H groups in total. The molecule has 2 aromatic rings. The Morgan fingerprint density at radius 2 is 1.48 bits per heavy atom. The Balaban J connectivity index is 1.63. The van der Waals surface area contributed by atoms with E-state index in [2.05, 4.69) is 51.1 Å². The molecule has 1 saturated carbocycles. The van der Waals surface area contributed by atoms with Gasteiger partial charge in [-0.3, -0.25) is 4.79 Å². The first kappa shape index (κ1) is 31.9. The number of nitrogens with zero attached hydrogens (tertiary/aromatic N) is 1.